The summed E-state index contributed by atoms with van der Waals surface area (Å²) in [5.74, 6) is 1.73. The van der Waals surface area contributed by atoms with E-state index in [1.165, 1.54) is 5.56 Å². The van der Waals surface area contributed by atoms with E-state index in [4.69, 9.17) is 9.47 Å². The SMILES string of the molecule is COc1cc(OC)c(CC(C)[NH3+])cc1I. The Morgan fingerprint density at radius 1 is 1.27 bits per heavy atom. The largest absolute Gasteiger partial charge is 0.496 e. The predicted octanol–water partition coefficient (Wildman–Crippen LogP) is 1.48. The van der Waals surface area contributed by atoms with Crippen LogP contribution in [0, 0.1) is 3.57 Å². The molecule has 0 heterocycles. The van der Waals surface area contributed by atoms with Crippen LogP contribution in [0.3, 0.4) is 0 Å². The van der Waals surface area contributed by atoms with Crippen molar-refractivity contribution in [2.75, 3.05) is 14.2 Å². The zero-order valence-electron chi connectivity index (χ0n) is 9.34. The average molecular weight is 322 g/mol. The number of quaternary nitrogens is 1. The fourth-order valence-electron chi connectivity index (χ4n) is 1.46. The smallest absolute Gasteiger partial charge is 0.135 e. The van der Waals surface area contributed by atoms with Gasteiger partial charge in [0.15, 0.2) is 0 Å². The van der Waals surface area contributed by atoms with Crippen molar-refractivity contribution in [2.24, 2.45) is 0 Å². The highest BCUT2D eigenvalue weighted by molar-refractivity contribution is 14.1. The number of hydrogen-bond donors (Lipinski definition) is 1. The minimum absolute atomic E-state index is 0.378. The van der Waals surface area contributed by atoms with Gasteiger partial charge in [0.25, 0.3) is 0 Å². The highest BCUT2D eigenvalue weighted by atomic mass is 127. The van der Waals surface area contributed by atoms with E-state index in [0.717, 1.165) is 21.5 Å². The first kappa shape index (κ1) is 12.6. The van der Waals surface area contributed by atoms with Gasteiger partial charge in [-0.15, -0.1) is 0 Å². The maximum atomic E-state index is 5.33. The van der Waals surface area contributed by atoms with Gasteiger partial charge in [-0.05, 0) is 35.6 Å². The first-order valence-electron chi connectivity index (χ1n) is 4.82. The standard InChI is InChI=1S/C11H16INO2/c1-7(13)4-8-5-9(12)11(15-3)6-10(8)14-2/h5-7H,4,13H2,1-3H3/p+1. The van der Waals surface area contributed by atoms with Crippen LogP contribution < -0.4 is 15.2 Å². The normalized spacial score (nSPS) is 12.3. The van der Waals surface area contributed by atoms with Crippen LogP contribution in [0.1, 0.15) is 12.5 Å². The molecule has 84 valence electrons. The molecule has 0 radical (unpaired) electrons. The summed E-state index contributed by atoms with van der Waals surface area (Å²) >= 11 is 2.26. The molecule has 0 fully saturated rings. The summed E-state index contributed by atoms with van der Waals surface area (Å²) in [6.45, 7) is 2.09. The molecule has 1 unspecified atom stereocenters. The number of rotatable bonds is 4. The summed E-state index contributed by atoms with van der Waals surface area (Å²) in [5.41, 5.74) is 5.18. The fourth-order valence-corrected chi connectivity index (χ4v) is 2.21. The van der Waals surface area contributed by atoms with Crippen LogP contribution >= 0.6 is 22.6 Å². The van der Waals surface area contributed by atoms with E-state index in [1.54, 1.807) is 14.2 Å². The highest BCUT2D eigenvalue weighted by Crippen LogP contribution is 2.30. The second kappa shape index (κ2) is 5.55. The molecule has 0 amide bonds. The molecule has 0 aliphatic rings. The highest BCUT2D eigenvalue weighted by Gasteiger charge is 2.11. The molecule has 0 aliphatic heterocycles. The molecular formula is C11H17INO2+. The lowest BCUT2D eigenvalue weighted by Crippen LogP contribution is -2.60. The topological polar surface area (TPSA) is 46.1 Å². The Balaban J connectivity index is 3.09. The summed E-state index contributed by atoms with van der Waals surface area (Å²) in [6, 6.07) is 4.41. The van der Waals surface area contributed by atoms with Crippen molar-refractivity contribution in [3.63, 3.8) is 0 Å². The van der Waals surface area contributed by atoms with Crippen molar-refractivity contribution in [1.29, 1.82) is 0 Å². The Hall–Kier alpha value is -0.490. The Labute approximate surface area is 104 Å². The average Bonchev–Trinajstić information content (AvgIpc) is 2.17. The zero-order chi connectivity index (χ0) is 11.4. The number of hydrogen-bond acceptors (Lipinski definition) is 2. The van der Waals surface area contributed by atoms with Gasteiger partial charge < -0.3 is 15.2 Å². The summed E-state index contributed by atoms with van der Waals surface area (Å²) in [4.78, 5) is 0. The van der Waals surface area contributed by atoms with Crippen LogP contribution in [0.4, 0.5) is 0 Å². The third kappa shape index (κ3) is 3.24. The van der Waals surface area contributed by atoms with Gasteiger partial charge in [0.05, 0.1) is 23.8 Å². The molecule has 4 heteroatoms. The van der Waals surface area contributed by atoms with Crippen LogP contribution in [0.25, 0.3) is 0 Å². The Bertz CT molecular complexity index is 340. The molecule has 0 aromatic heterocycles. The van der Waals surface area contributed by atoms with Gasteiger partial charge in [-0.2, -0.15) is 0 Å². The fraction of sp³-hybridized carbons (Fsp3) is 0.455. The van der Waals surface area contributed by atoms with Gasteiger partial charge in [-0.3, -0.25) is 0 Å². The maximum Gasteiger partial charge on any atom is 0.135 e. The molecule has 3 nitrogen and oxygen atoms in total. The summed E-state index contributed by atoms with van der Waals surface area (Å²) in [5, 5.41) is 0. The van der Waals surface area contributed by atoms with E-state index in [9.17, 15) is 0 Å². The van der Waals surface area contributed by atoms with Crippen molar-refractivity contribution >= 4 is 22.6 Å². The first-order chi connectivity index (χ1) is 7.08. The monoisotopic (exact) mass is 322 g/mol. The zero-order valence-corrected chi connectivity index (χ0v) is 11.5. The van der Waals surface area contributed by atoms with Gasteiger partial charge in [-0.25, -0.2) is 0 Å². The van der Waals surface area contributed by atoms with Crippen LogP contribution in [-0.4, -0.2) is 20.3 Å². The molecule has 0 saturated heterocycles. The number of benzene rings is 1. The number of methoxy groups -OCH3 is 2. The van der Waals surface area contributed by atoms with E-state index in [1.807, 2.05) is 6.07 Å². The first-order valence-corrected chi connectivity index (χ1v) is 5.89. The van der Waals surface area contributed by atoms with E-state index in [2.05, 4.69) is 41.3 Å². The Morgan fingerprint density at radius 3 is 2.33 bits per heavy atom. The van der Waals surface area contributed by atoms with Gasteiger partial charge in [0, 0.05) is 18.1 Å². The van der Waals surface area contributed by atoms with E-state index in [0.29, 0.717) is 6.04 Å². The molecular weight excluding hydrogens is 305 g/mol. The molecule has 1 aromatic rings. The Kier molecular flexibility index (Phi) is 4.66. The van der Waals surface area contributed by atoms with Gasteiger partial charge in [0.1, 0.15) is 11.5 Å². The van der Waals surface area contributed by atoms with E-state index >= 15 is 0 Å². The van der Waals surface area contributed by atoms with Crippen molar-refractivity contribution in [3.8, 4) is 11.5 Å². The predicted molar refractivity (Wildman–Crippen MR) is 68.3 cm³/mol. The molecule has 1 atom stereocenters. The van der Waals surface area contributed by atoms with Crippen molar-refractivity contribution in [3.05, 3.63) is 21.3 Å². The van der Waals surface area contributed by atoms with Crippen molar-refractivity contribution < 1.29 is 15.2 Å². The maximum absolute atomic E-state index is 5.33. The van der Waals surface area contributed by atoms with Crippen LogP contribution in [0.2, 0.25) is 0 Å². The van der Waals surface area contributed by atoms with E-state index in [-0.39, 0.29) is 0 Å². The van der Waals surface area contributed by atoms with Gasteiger partial charge in [0.2, 0.25) is 0 Å². The van der Waals surface area contributed by atoms with Gasteiger partial charge in [-0.1, -0.05) is 0 Å². The second-order valence-corrected chi connectivity index (χ2v) is 4.77. The molecule has 1 aromatic carbocycles. The summed E-state index contributed by atoms with van der Waals surface area (Å²) < 4.78 is 11.7. The molecule has 0 saturated carbocycles. The number of ether oxygens (including phenoxy) is 2. The molecule has 0 spiro atoms. The summed E-state index contributed by atoms with van der Waals surface area (Å²) in [6.07, 6.45) is 0.920. The van der Waals surface area contributed by atoms with Crippen LogP contribution in [0.5, 0.6) is 11.5 Å². The lowest BCUT2D eigenvalue weighted by molar-refractivity contribution is -0.413. The van der Waals surface area contributed by atoms with E-state index < -0.39 is 0 Å². The third-order valence-electron chi connectivity index (χ3n) is 2.12. The molecule has 15 heavy (non-hydrogen) atoms. The third-order valence-corrected chi connectivity index (χ3v) is 2.97. The Morgan fingerprint density at radius 2 is 1.87 bits per heavy atom. The molecule has 1 rings (SSSR count). The quantitative estimate of drug-likeness (QED) is 0.854. The van der Waals surface area contributed by atoms with Crippen molar-refractivity contribution in [1.82, 2.24) is 0 Å². The molecule has 0 bridgehead atoms. The second-order valence-electron chi connectivity index (χ2n) is 3.61. The van der Waals surface area contributed by atoms with Crippen LogP contribution in [-0.2, 0) is 6.42 Å². The lowest BCUT2D eigenvalue weighted by atomic mass is 10.1. The van der Waals surface area contributed by atoms with Crippen LogP contribution in [0.15, 0.2) is 12.1 Å². The lowest BCUT2D eigenvalue weighted by Gasteiger charge is -2.12. The minimum atomic E-state index is 0.378. The molecule has 3 N–H and O–H groups in total. The summed E-state index contributed by atoms with van der Waals surface area (Å²) in [7, 11) is 3.35. The van der Waals surface area contributed by atoms with Crippen molar-refractivity contribution in [2.45, 2.75) is 19.4 Å². The molecule has 0 aliphatic carbocycles. The number of halogens is 1. The van der Waals surface area contributed by atoms with Gasteiger partial charge >= 0.3 is 0 Å². The minimum Gasteiger partial charge on any atom is -0.496 e.